The van der Waals surface area contributed by atoms with Crippen molar-refractivity contribution in [3.8, 4) is 0 Å². The smallest absolute Gasteiger partial charge is 0.0335 e. The van der Waals surface area contributed by atoms with Crippen LogP contribution in [0.15, 0.2) is 24.3 Å². The van der Waals surface area contributed by atoms with Gasteiger partial charge in [-0.2, -0.15) is 0 Å². The molecule has 2 N–H and O–H groups in total. The van der Waals surface area contributed by atoms with Crippen LogP contribution < -0.4 is 5.73 Å². The molecule has 1 saturated carbocycles. The van der Waals surface area contributed by atoms with Crippen LogP contribution in [-0.4, -0.2) is 23.5 Å². The minimum atomic E-state index is 0.230. The highest BCUT2D eigenvalue weighted by molar-refractivity contribution is 5.25. The van der Waals surface area contributed by atoms with Crippen LogP contribution in [0.5, 0.6) is 0 Å². The summed E-state index contributed by atoms with van der Waals surface area (Å²) in [7, 11) is 0. The lowest BCUT2D eigenvalue weighted by Crippen LogP contribution is -2.53. The van der Waals surface area contributed by atoms with Crippen molar-refractivity contribution in [1.29, 1.82) is 0 Å². The van der Waals surface area contributed by atoms with E-state index in [4.69, 9.17) is 5.73 Å². The highest BCUT2D eigenvalue weighted by atomic mass is 15.2. The summed E-state index contributed by atoms with van der Waals surface area (Å²) in [6.45, 7) is 7.42. The summed E-state index contributed by atoms with van der Waals surface area (Å²) < 4.78 is 0. The van der Waals surface area contributed by atoms with Gasteiger partial charge in [0.25, 0.3) is 0 Å². The Kier molecular flexibility index (Phi) is 5.62. The predicted octanol–water partition coefficient (Wildman–Crippen LogP) is 3.87. The Morgan fingerprint density at radius 2 is 1.75 bits per heavy atom. The fraction of sp³-hybridized carbons (Fsp3) is 0.667. The molecule has 0 atom stereocenters. The molecule has 0 aliphatic heterocycles. The summed E-state index contributed by atoms with van der Waals surface area (Å²) in [5.41, 5.74) is 9.31. The van der Waals surface area contributed by atoms with E-state index in [0.29, 0.717) is 0 Å². The lowest BCUT2D eigenvalue weighted by atomic mass is 9.87. The Balaban J connectivity index is 2.18. The minimum absolute atomic E-state index is 0.230. The quantitative estimate of drug-likeness (QED) is 0.826. The number of likely N-dealkylation sites (N-methyl/N-ethyl adjacent to an activating group) is 1. The van der Waals surface area contributed by atoms with E-state index < -0.39 is 0 Å². The van der Waals surface area contributed by atoms with E-state index in [2.05, 4.69) is 43.0 Å². The normalized spacial score (nSPS) is 19.0. The van der Waals surface area contributed by atoms with E-state index >= 15 is 0 Å². The summed E-state index contributed by atoms with van der Waals surface area (Å²) in [5.74, 6) is 0. The van der Waals surface area contributed by atoms with E-state index in [0.717, 1.165) is 19.6 Å². The van der Waals surface area contributed by atoms with E-state index in [1.807, 2.05) is 0 Å². The Morgan fingerprint density at radius 1 is 1.10 bits per heavy atom. The average molecular weight is 274 g/mol. The highest BCUT2D eigenvalue weighted by Crippen LogP contribution is 2.33. The Morgan fingerprint density at radius 3 is 2.30 bits per heavy atom. The molecule has 0 heterocycles. The molecule has 1 aromatic rings. The number of hydrogen-bond acceptors (Lipinski definition) is 2. The first-order valence-electron chi connectivity index (χ1n) is 8.21. The highest BCUT2D eigenvalue weighted by Gasteiger charge is 2.34. The topological polar surface area (TPSA) is 29.3 Å². The number of rotatable bonds is 5. The molecule has 20 heavy (non-hydrogen) atoms. The third kappa shape index (κ3) is 3.42. The van der Waals surface area contributed by atoms with Gasteiger partial charge in [0.05, 0.1) is 0 Å². The van der Waals surface area contributed by atoms with Gasteiger partial charge in [0.2, 0.25) is 0 Å². The van der Waals surface area contributed by atoms with Gasteiger partial charge in [-0.25, -0.2) is 0 Å². The third-order valence-electron chi connectivity index (χ3n) is 5.09. The van der Waals surface area contributed by atoms with Crippen LogP contribution in [0.2, 0.25) is 0 Å². The summed E-state index contributed by atoms with van der Waals surface area (Å²) in [6.07, 6.45) is 7.96. The van der Waals surface area contributed by atoms with Crippen molar-refractivity contribution in [2.45, 2.75) is 64.5 Å². The fourth-order valence-corrected chi connectivity index (χ4v) is 3.64. The van der Waals surface area contributed by atoms with E-state index in [-0.39, 0.29) is 5.54 Å². The zero-order valence-electron chi connectivity index (χ0n) is 13.2. The lowest BCUT2D eigenvalue weighted by molar-refractivity contribution is 0.0754. The molecule has 0 bridgehead atoms. The number of hydrogen-bond donors (Lipinski definition) is 1. The monoisotopic (exact) mass is 274 g/mol. The molecule has 2 heteroatoms. The molecule has 0 radical (unpaired) electrons. The number of aryl methyl sites for hydroxylation is 1. The average Bonchev–Trinajstić information content (AvgIpc) is 2.73. The van der Waals surface area contributed by atoms with Crippen molar-refractivity contribution < 1.29 is 0 Å². The lowest BCUT2D eigenvalue weighted by Gasteiger charge is -2.43. The van der Waals surface area contributed by atoms with Crippen LogP contribution in [0.25, 0.3) is 0 Å². The molecule has 2 rings (SSSR count). The van der Waals surface area contributed by atoms with Crippen molar-refractivity contribution in [2.24, 2.45) is 5.73 Å². The number of nitrogens with two attached hydrogens (primary N) is 1. The van der Waals surface area contributed by atoms with Gasteiger partial charge in [-0.1, -0.05) is 56.9 Å². The van der Waals surface area contributed by atoms with Crippen molar-refractivity contribution in [3.63, 3.8) is 0 Å². The molecule has 0 unspecified atom stereocenters. The maximum Gasteiger partial charge on any atom is 0.0335 e. The van der Waals surface area contributed by atoms with Crippen molar-refractivity contribution in [3.05, 3.63) is 35.4 Å². The molecule has 2 nitrogen and oxygen atoms in total. The summed E-state index contributed by atoms with van der Waals surface area (Å²) >= 11 is 0. The van der Waals surface area contributed by atoms with Crippen molar-refractivity contribution in [2.75, 3.05) is 13.1 Å². The molecule has 112 valence electrons. The van der Waals surface area contributed by atoms with Gasteiger partial charge in [0.1, 0.15) is 0 Å². The van der Waals surface area contributed by atoms with Crippen LogP contribution in [0.1, 0.15) is 56.6 Å². The molecule has 0 saturated heterocycles. The molecule has 0 aromatic heterocycles. The zero-order valence-corrected chi connectivity index (χ0v) is 13.2. The standard InChI is InChI=1S/C18H30N2/c1-3-20(14-17-11-7-6-10-16(17)2)18(15-19)12-8-4-5-9-13-18/h6-7,10-11H,3-5,8-9,12-15,19H2,1-2H3. The molecular weight excluding hydrogens is 244 g/mol. The van der Waals surface area contributed by atoms with Gasteiger partial charge in [-0.3, -0.25) is 4.90 Å². The molecular formula is C18H30N2. The van der Waals surface area contributed by atoms with Crippen LogP contribution in [0.3, 0.4) is 0 Å². The summed E-state index contributed by atoms with van der Waals surface area (Å²) in [6, 6.07) is 8.75. The molecule has 1 aliphatic rings. The van der Waals surface area contributed by atoms with Gasteiger partial charge in [-0.05, 0) is 37.4 Å². The first-order valence-corrected chi connectivity index (χ1v) is 8.21. The number of nitrogens with zero attached hydrogens (tertiary/aromatic N) is 1. The van der Waals surface area contributed by atoms with Gasteiger partial charge in [0.15, 0.2) is 0 Å². The molecule has 1 aromatic carbocycles. The second-order valence-corrected chi connectivity index (χ2v) is 6.28. The van der Waals surface area contributed by atoms with Crippen molar-refractivity contribution >= 4 is 0 Å². The van der Waals surface area contributed by atoms with E-state index in [1.54, 1.807) is 0 Å². The maximum atomic E-state index is 6.23. The van der Waals surface area contributed by atoms with E-state index in [1.165, 1.54) is 49.7 Å². The first kappa shape index (κ1) is 15.5. The largest absolute Gasteiger partial charge is 0.329 e. The molecule has 1 aliphatic carbocycles. The third-order valence-corrected chi connectivity index (χ3v) is 5.09. The zero-order chi connectivity index (χ0) is 14.4. The minimum Gasteiger partial charge on any atom is -0.329 e. The second kappa shape index (κ2) is 7.24. The molecule has 1 fully saturated rings. The van der Waals surface area contributed by atoms with Gasteiger partial charge in [-0.15, -0.1) is 0 Å². The van der Waals surface area contributed by atoms with Crippen molar-refractivity contribution in [1.82, 2.24) is 4.90 Å². The molecule has 0 spiro atoms. The van der Waals surface area contributed by atoms with E-state index in [9.17, 15) is 0 Å². The van der Waals surface area contributed by atoms with Crippen LogP contribution in [0.4, 0.5) is 0 Å². The van der Waals surface area contributed by atoms with Crippen LogP contribution in [0, 0.1) is 6.92 Å². The Hall–Kier alpha value is -0.860. The Labute approximate surface area is 124 Å². The molecule has 0 amide bonds. The summed E-state index contributed by atoms with van der Waals surface area (Å²) in [5, 5.41) is 0. The van der Waals surface area contributed by atoms with Crippen LogP contribution >= 0.6 is 0 Å². The second-order valence-electron chi connectivity index (χ2n) is 6.28. The SMILES string of the molecule is CCN(Cc1ccccc1C)C1(CN)CCCCCC1. The van der Waals surface area contributed by atoms with Crippen LogP contribution in [-0.2, 0) is 6.54 Å². The summed E-state index contributed by atoms with van der Waals surface area (Å²) in [4.78, 5) is 2.64. The first-order chi connectivity index (χ1) is 9.72. The Bertz CT molecular complexity index is 406. The number of benzene rings is 1. The van der Waals surface area contributed by atoms with Gasteiger partial charge >= 0.3 is 0 Å². The maximum absolute atomic E-state index is 6.23. The van der Waals surface area contributed by atoms with Gasteiger partial charge < -0.3 is 5.73 Å². The fourth-order valence-electron chi connectivity index (χ4n) is 3.64. The predicted molar refractivity (Wildman–Crippen MR) is 86.8 cm³/mol. The van der Waals surface area contributed by atoms with Gasteiger partial charge in [0, 0.05) is 18.6 Å².